The maximum absolute atomic E-state index is 12.4. The molecule has 0 aliphatic heterocycles. The van der Waals surface area contributed by atoms with Crippen LogP contribution < -0.4 is 5.32 Å². The van der Waals surface area contributed by atoms with Crippen molar-refractivity contribution in [2.45, 2.75) is 212 Å². The van der Waals surface area contributed by atoms with Crippen LogP contribution in [-0.4, -0.2) is 34.9 Å². The van der Waals surface area contributed by atoms with Gasteiger partial charge in [0.2, 0.25) is 5.91 Å². The van der Waals surface area contributed by atoms with E-state index in [0.717, 1.165) is 109 Å². The number of rotatable bonds is 43. The van der Waals surface area contributed by atoms with Gasteiger partial charge < -0.3 is 15.5 Å². The first kappa shape index (κ1) is 57.5. The molecule has 0 heterocycles. The Kier molecular flexibility index (Phi) is 48.0. The number of aliphatic hydroxyl groups is 2. The van der Waals surface area contributed by atoms with Gasteiger partial charge in [-0.05, 0) is 109 Å². The molecule has 0 saturated carbocycles. The molecule has 61 heavy (non-hydrogen) atoms. The predicted octanol–water partition coefficient (Wildman–Crippen LogP) is 16.3. The van der Waals surface area contributed by atoms with Crippen molar-refractivity contribution in [1.82, 2.24) is 5.32 Å². The first-order chi connectivity index (χ1) is 30.2. The van der Waals surface area contributed by atoms with Crippen LogP contribution in [0.5, 0.6) is 0 Å². The quantitative estimate of drug-likeness (QED) is 0.0423. The van der Waals surface area contributed by atoms with Crippen molar-refractivity contribution in [2.75, 3.05) is 6.61 Å². The summed E-state index contributed by atoms with van der Waals surface area (Å²) in [5.41, 5.74) is 0. The van der Waals surface area contributed by atoms with Crippen molar-refractivity contribution in [3.05, 3.63) is 134 Å². The van der Waals surface area contributed by atoms with Crippen LogP contribution in [0.1, 0.15) is 200 Å². The second-order valence-electron chi connectivity index (χ2n) is 16.1. The lowest BCUT2D eigenvalue weighted by atomic mass is 10.1. The Hall–Kier alpha value is -3.47. The van der Waals surface area contributed by atoms with Crippen molar-refractivity contribution < 1.29 is 15.0 Å². The van der Waals surface area contributed by atoms with E-state index in [4.69, 9.17) is 0 Å². The molecule has 0 aromatic rings. The molecule has 0 spiro atoms. The Morgan fingerprint density at radius 1 is 0.410 bits per heavy atom. The first-order valence-corrected chi connectivity index (χ1v) is 24.9. The molecule has 0 aliphatic carbocycles. The Morgan fingerprint density at radius 3 is 1.15 bits per heavy atom. The van der Waals surface area contributed by atoms with Gasteiger partial charge in [0.1, 0.15) is 0 Å². The third-order valence-corrected chi connectivity index (χ3v) is 10.3. The van der Waals surface area contributed by atoms with Crippen LogP contribution in [0.25, 0.3) is 0 Å². The summed E-state index contributed by atoms with van der Waals surface area (Å²) in [5, 5.41) is 23.0. The largest absolute Gasteiger partial charge is 0.394 e. The Bertz CT molecular complexity index is 1270. The van der Waals surface area contributed by atoms with Crippen molar-refractivity contribution in [3.8, 4) is 0 Å². The number of hydrogen-bond donors (Lipinski definition) is 3. The summed E-state index contributed by atoms with van der Waals surface area (Å²) in [5.74, 6) is -0.109. The summed E-state index contributed by atoms with van der Waals surface area (Å²) in [4.78, 5) is 12.4. The van der Waals surface area contributed by atoms with Crippen LogP contribution in [0.2, 0.25) is 0 Å². The van der Waals surface area contributed by atoms with Crippen molar-refractivity contribution >= 4 is 5.91 Å². The highest BCUT2D eigenvalue weighted by molar-refractivity contribution is 5.76. The molecule has 0 fully saturated rings. The molecule has 2 atom stereocenters. The van der Waals surface area contributed by atoms with E-state index in [2.05, 4.69) is 141 Å². The second-order valence-corrected chi connectivity index (χ2v) is 16.1. The summed E-state index contributed by atoms with van der Waals surface area (Å²) in [6.45, 7) is 4.16. The average Bonchev–Trinajstić information content (AvgIpc) is 3.26. The minimum absolute atomic E-state index is 0.109. The van der Waals surface area contributed by atoms with E-state index in [-0.39, 0.29) is 12.5 Å². The van der Waals surface area contributed by atoms with Crippen LogP contribution in [-0.2, 0) is 4.79 Å². The van der Waals surface area contributed by atoms with Gasteiger partial charge in [-0.25, -0.2) is 0 Å². The molecule has 0 aromatic carbocycles. The predicted molar refractivity (Wildman–Crippen MR) is 271 cm³/mol. The van der Waals surface area contributed by atoms with Gasteiger partial charge in [-0.15, -0.1) is 0 Å². The van der Waals surface area contributed by atoms with E-state index in [1.165, 1.54) is 70.6 Å². The number of hydrogen-bond acceptors (Lipinski definition) is 3. The number of amides is 1. The lowest BCUT2D eigenvalue weighted by molar-refractivity contribution is -0.123. The minimum Gasteiger partial charge on any atom is -0.394 e. The van der Waals surface area contributed by atoms with E-state index in [1.54, 1.807) is 6.08 Å². The third kappa shape index (κ3) is 47.4. The van der Waals surface area contributed by atoms with Crippen molar-refractivity contribution in [3.63, 3.8) is 0 Å². The standard InChI is InChI=1S/C57H93NO3/c1-3-5-7-9-11-13-15-17-19-21-23-25-26-27-28-29-30-31-32-33-35-37-39-41-43-45-47-49-51-53-57(61)58-55(54-59)56(60)52-50-48-46-44-42-40-38-36-34-24-22-20-18-16-14-12-10-8-6-4-2/h5,7,11,13,17,19,23,25,27-28,30-31,33-36,39,41-42,44,50,52,55-56,59-60H,3-4,6,8-10,12,14-16,18,20-22,24,26,29,32,37-38,40,43,45-49,51,53-54H2,1-2H3,(H,58,61)/b7-5-,13-11-,19-17-,25-23-,28-27-,31-30-,35-33-,36-34+,41-39-,44-42+,52-50+. The van der Waals surface area contributed by atoms with Crippen molar-refractivity contribution in [2.24, 2.45) is 0 Å². The third-order valence-electron chi connectivity index (χ3n) is 10.3. The summed E-state index contributed by atoms with van der Waals surface area (Å²) in [7, 11) is 0. The topological polar surface area (TPSA) is 69.6 Å². The number of nitrogens with one attached hydrogen (secondary N) is 1. The van der Waals surface area contributed by atoms with Crippen molar-refractivity contribution in [1.29, 1.82) is 0 Å². The van der Waals surface area contributed by atoms with Gasteiger partial charge in [0.25, 0.3) is 0 Å². The Morgan fingerprint density at radius 2 is 0.738 bits per heavy atom. The molecule has 1 amide bonds. The summed E-state index contributed by atoms with van der Waals surface area (Å²) in [6, 6.07) is -0.670. The Balaban J connectivity index is 3.76. The van der Waals surface area contributed by atoms with E-state index < -0.39 is 12.1 Å². The highest BCUT2D eigenvalue weighted by Gasteiger charge is 2.17. The minimum atomic E-state index is -0.892. The molecule has 2 unspecified atom stereocenters. The zero-order chi connectivity index (χ0) is 44.2. The maximum Gasteiger partial charge on any atom is 0.220 e. The molecule has 0 saturated heterocycles. The van der Waals surface area contributed by atoms with Crippen LogP contribution in [0.4, 0.5) is 0 Å². The number of carbonyl (C=O) groups is 1. The molecular weight excluding hydrogens is 747 g/mol. The van der Waals surface area contributed by atoms with Gasteiger partial charge in [-0.2, -0.15) is 0 Å². The number of unbranched alkanes of at least 4 members (excludes halogenated alkanes) is 16. The summed E-state index contributed by atoms with van der Waals surface area (Å²) >= 11 is 0. The molecular formula is C57H93NO3. The zero-order valence-electron chi connectivity index (χ0n) is 39.4. The maximum atomic E-state index is 12.4. The monoisotopic (exact) mass is 840 g/mol. The zero-order valence-corrected chi connectivity index (χ0v) is 39.4. The number of aliphatic hydroxyl groups excluding tert-OH is 2. The number of allylic oxidation sites excluding steroid dienone is 21. The molecule has 0 rings (SSSR count). The molecule has 0 aliphatic rings. The SMILES string of the molecule is CC/C=C\C/C=C\C/C=C\C/C=C\C/C=C\C/C=C\C/C=C\C/C=C\CCCCCCC(=O)NC(CO)C(O)/C=C/CC/C=C/CC/C=C/CCCCCCCCCCCC. The van der Waals surface area contributed by atoms with Gasteiger partial charge in [-0.1, -0.05) is 218 Å². The summed E-state index contributed by atoms with van der Waals surface area (Å²) < 4.78 is 0. The average molecular weight is 840 g/mol. The molecule has 4 heteroatoms. The van der Waals surface area contributed by atoms with E-state index in [9.17, 15) is 15.0 Å². The van der Waals surface area contributed by atoms with Crippen LogP contribution in [0.3, 0.4) is 0 Å². The molecule has 0 bridgehead atoms. The Labute approximate surface area is 377 Å². The van der Waals surface area contributed by atoms with E-state index in [0.29, 0.717) is 6.42 Å². The first-order valence-electron chi connectivity index (χ1n) is 24.9. The van der Waals surface area contributed by atoms with Crippen LogP contribution in [0, 0.1) is 0 Å². The fourth-order valence-corrected chi connectivity index (χ4v) is 6.58. The molecule has 0 aromatic heterocycles. The highest BCUT2D eigenvalue weighted by Crippen LogP contribution is 2.12. The molecule has 4 nitrogen and oxygen atoms in total. The molecule has 0 radical (unpaired) electrons. The fraction of sp³-hybridized carbons (Fsp3) is 0.596. The summed E-state index contributed by atoms with van der Waals surface area (Å²) in [6.07, 6.45) is 80.0. The van der Waals surface area contributed by atoms with E-state index >= 15 is 0 Å². The highest BCUT2D eigenvalue weighted by atomic mass is 16.3. The normalized spacial score (nSPS) is 14.1. The van der Waals surface area contributed by atoms with Gasteiger partial charge in [0.05, 0.1) is 18.8 Å². The lowest BCUT2D eigenvalue weighted by Gasteiger charge is -2.19. The molecule has 344 valence electrons. The lowest BCUT2D eigenvalue weighted by Crippen LogP contribution is -2.45. The smallest absolute Gasteiger partial charge is 0.220 e. The van der Waals surface area contributed by atoms with Gasteiger partial charge in [0.15, 0.2) is 0 Å². The number of carbonyl (C=O) groups excluding carboxylic acids is 1. The van der Waals surface area contributed by atoms with E-state index in [1.807, 2.05) is 6.08 Å². The fourth-order valence-electron chi connectivity index (χ4n) is 6.58. The van der Waals surface area contributed by atoms with Gasteiger partial charge in [-0.3, -0.25) is 4.79 Å². The van der Waals surface area contributed by atoms with Gasteiger partial charge >= 0.3 is 0 Å². The van der Waals surface area contributed by atoms with Crippen LogP contribution in [0.15, 0.2) is 134 Å². The second kappa shape index (κ2) is 50.9. The molecule has 3 N–H and O–H groups in total. The van der Waals surface area contributed by atoms with Gasteiger partial charge in [0, 0.05) is 6.42 Å². The van der Waals surface area contributed by atoms with Crippen LogP contribution >= 0.6 is 0 Å².